The Labute approximate surface area is 138 Å². The molecule has 0 saturated heterocycles. The number of nitrogens with one attached hydrogen (secondary N) is 1. The van der Waals surface area contributed by atoms with Crippen molar-refractivity contribution in [1.29, 1.82) is 0 Å². The molecular weight excluding hydrogens is 294 g/mol. The van der Waals surface area contributed by atoms with Gasteiger partial charge in [-0.2, -0.15) is 0 Å². The highest BCUT2D eigenvalue weighted by Crippen LogP contribution is 2.22. The number of hydrogen-bond acceptors (Lipinski definition) is 4. The van der Waals surface area contributed by atoms with Crippen molar-refractivity contribution in [1.82, 2.24) is 5.32 Å². The molecule has 0 aromatic heterocycles. The molecule has 0 spiro atoms. The Morgan fingerprint density at radius 3 is 2.17 bits per heavy atom. The van der Waals surface area contributed by atoms with Gasteiger partial charge in [0, 0.05) is 0 Å². The number of methoxy groups -OCH3 is 2. The molecule has 0 aliphatic heterocycles. The van der Waals surface area contributed by atoms with E-state index >= 15 is 0 Å². The van der Waals surface area contributed by atoms with E-state index in [0.717, 1.165) is 28.9 Å². The molecule has 0 saturated carbocycles. The summed E-state index contributed by atoms with van der Waals surface area (Å²) in [5.41, 5.74) is 2.95. The molecule has 0 bridgehead atoms. The molecule has 1 amide bonds. The summed E-state index contributed by atoms with van der Waals surface area (Å²) in [6.45, 7) is 7.80. The van der Waals surface area contributed by atoms with Gasteiger partial charge in [-0.05, 0) is 48.6 Å². The van der Waals surface area contributed by atoms with E-state index in [1.807, 2.05) is 39.8 Å². The third-order valence-electron chi connectivity index (χ3n) is 4.23. The van der Waals surface area contributed by atoms with E-state index < -0.39 is 12.0 Å². The first kappa shape index (κ1) is 19.0. The number of carbonyl (C=O) groups excluding carboxylic acids is 2. The molecule has 5 heteroatoms. The Hall–Kier alpha value is -2.04. The maximum atomic E-state index is 12.4. The van der Waals surface area contributed by atoms with Crippen LogP contribution >= 0.6 is 0 Å². The van der Waals surface area contributed by atoms with Crippen LogP contribution < -0.4 is 10.1 Å². The second-order valence-electron chi connectivity index (χ2n) is 5.87. The molecule has 0 heterocycles. The predicted octanol–water partition coefficient (Wildman–Crippen LogP) is 2.56. The molecule has 1 aromatic rings. The molecule has 0 fully saturated rings. The number of ether oxygens (including phenoxy) is 2. The Morgan fingerprint density at radius 1 is 1.17 bits per heavy atom. The minimum Gasteiger partial charge on any atom is -0.497 e. The maximum Gasteiger partial charge on any atom is 0.328 e. The third kappa shape index (κ3) is 4.98. The van der Waals surface area contributed by atoms with Gasteiger partial charge in [0.1, 0.15) is 11.8 Å². The molecule has 2 unspecified atom stereocenters. The first-order valence-corrected chi connectivity index (χ1v) is 7.85. The van der Waals surface area contributed by atoms with E-state index in [0.29, 0.717) is 0 Å². The number of amides is 1. The van der Waals surface area contributed by atoms with Crippen molar-refractivity contribution in [3.05, 3.63) is 28.8 Å². The number of benzene rings is 1. The summed E-state index contributed by atoms with van der Waals surface area (Å²) in [5.74, 6) is 0.202. The van der Waals surface area contributed by atoms with Gasteiger partial charge < -0.3 is 14.8 Å². The lowest BCUT2D eigenvalue weighted by Crippen LogP contribution is -2.46. The largest absolute Gasteiger partial charge is 0.497 e. The average molecular weight is 321 g/mol. The van der Waals surface area contributed by atoms with E-state index in [9.17, 15) is 9.59 Å². The van der Waals surface area contributed by atoms with Crippen LogP contribution in [0.25, 0.3) is 0 Å². The highest BCUT2D eigenvalue weighted by atomic mass is 16.5. The molecule has 5 nitrogen and oxygen atoms in total. The minimum atomic E-state index is -0.614. The zero-order chi connectivity index (χ0) is 17.6. The molecule has 0 aliphatic rings. The fourth-order valence-electron chi connectivity index (χ4n) is 2.53. The Kier molecular flexibility index (Phi) is 7.07. The van der Waals surface area contributed by atoms with Gasteiger partial charge in [-0.1, -0.05) is 20.3 Å². The van der Waals surface area contributed by atoms with Crippen molar-refractivity contribution >= 4 is 11.9 Å². The number of esters is 1. The van der Waals surface area contributed by atoms with Crippen molar-refractivity contribution in [2.45, 2.75) is 46.6 Å². The quantitative estimate of drug-likeness (QED) is 0.784. The summed E-state index contributed by atoms with van der Waals surface area (Å²) in [7, 11) is 2.95. The highest BCUT2D eigenvalue weighted by Gasteiger charge is 2.26. The predicted molar refractivity (Wildman–Crippen MR) is 89.6 cm³/mol. The van der Waals surface area contributed by atoms with Gasteiger partial charge in [0.05, 0.1) is 20.6 Å². The van der Waals surface area contributed by atoms with E-state index in [-0.39, 0.29) is 18.2 Å². The van der Waals surface area contributed by atoms with Crippen molar-refractivity contribution in [2.24, 2.45) is 5.92 Å². The Balaban J connectivity index is 2.89. The first-order valence-electron chi connectivity index (χ1n) is 7.85. The van der Waals surface area contributed by atoms with E-state index in [2.05, 4.69) is 5.32 Å². The summed E-state index contributed by atoms with van der Waals surface area (Å²) < 4.78 is 10.0. The molecule has 0 radical (unpaired) electrons. The van der Waals surface area contributed by atoms with Crippen LogP contribution in [0.2, 0.25) is 0 Å². The zero-order valence-electron chi connectivity index (χ0n) is 14.9. The Bertz CT molecular complexity index is 545. The molecule has 2 atom stereocenters. The molecule has 1 N–H and O–H groups in total. The number of rotatable bonds is 7. The maximum absolute atomic E-state index is 12.4. The van der Waals surface area contributed by atoms with Crippen LogP contribution in [-0.4, -0.2) is 32.1 Å². The van der Waals surface area contributed by atoms with Gasteiger partial charge in [0.15, 0.2) is 0 Å². The highest BCUT2D eigenvalue weighted by molar-refractivity contribution is 5.86. The van der Waals surface area contributed by atoms with Crippen LogP contribution in [0.3, 0.4) is 0 Å². The SMILES string of the molecule is CCC(C)C(NC(=O)Cc1c(C)cc(OC)cc1C)C(=O)OC. The smallest absolute Gasteiger partial charge is 0.328 e. The van der Waals surface area contributed by atoms with E-state index in [4.69, 9.17) is 9.47 Å². The summed E-state index contributed by atoms with van der Waals surface area (Å²) in [4.78, 5) is 24.2. The first-order chi connectivity index (χ1) is 10.8. The normalized spacial score (nSPS) is 13.1. The summed E-state index contributed by atoms with van der Waals surface area (Å²) >= 11 is 0. The second-order valence-corrected chi connectivity index (χ2v) is 5.87. The van der Waals surface area contributed by atoms with Gasteiger partial charge in [-0.25, -0.2) is 4.79 Å². The van der Waals surface area contributed by atoms with Crippen LogP contribution in [0.1, 0.15) is 37.0 Å². The van der Waals surface area contributed by atoms with Crippen molar-refractivity contribution in [2.75, 3.05) is 14.2 Å². The number of hydrogen-bond donors (Lipinski definition) is 1. The third-order valence-corrected chi connectivity index (χ3v) is 4.23. The topological polar surface area (TPSA) is 64.6 Å². The standard InChI is InChI=1S/C18H27NO4/c1-7-11(2)17(18(21)23-6)19-16(20)10-15-12(3)8-14(22-5)9-13(15)4/h8-9,11,17H,7,10H2,1-6H3,(H,19,20). The summed E-state index contributed by atoms with van der Waals surface area (Å²) in [5, 5.41) is 2.81. The fraction of sp³-hybridized carbons (Fsp3) is 0.556. The molecular formula is C18H27NO4. The molecule has 1 rings (SSSR count). The van der Waals surface area contributed by atoms with E-state index in [1.165, 1.54) is 7.11 Å². The lowest BCUT2D eigenvalue weighted by atomic mass is 9.97. The van der Waals surface area contributed by atoms with Gasteiger partial charge in [0.2, 0.25) is 5.91 Å². The van der Waals surface area contributed by atoms with Gasteiger partial charge in [-0.3, -0.25) is 4.79 Å². The number of carbonyl (C=O) groups is 2. The van der Waals surface area contributed by atoms with E-state index in [1.54, 1.807) is 7.11 Å². The van der Waals surface area contributed by atoms with Gasteiger partial charge >= 0.3 is 5.97 Å². The summed E-state index contributed by atoms with van der Waals surface area (Å²) in [6, 6.07) is 3.20. The van der Waals surface area contributed by atoms with Crippen molar-refractivity contribution in [3.8, 4) is 5.75 Å². The Morgan fingerprint density at radius 2 is 1.74 bits per heavy atom. The second kappa shape index (κ2) is 8.56. The monoisotopic (exact) mass is 321 g/mol. The average Bonchev–Trinajstić information content (AvgIpc) is 2.54. The van der Waals surface area contributed by atoms with Gasteiger partial charge in [0.25, 0.3) is 0 Å². The van der Waals surface area contributed by atoms with Crippen LogP contribution in [0.5, 0.6) is 5.75 Å². The minimum absolute atomic E-state index is 0.0180. The molecule has 0 aliphatic carbocycles. The van der Waals surface area contributed by atoms with Crippen LogP contribution in [0, 0.1) is 19.8 Å². The lowest BCUT2D eigenvalue weighted by Gasteiger charge is -2.22. The van der Waals surface area contributed by atoms with Crippen molar-refractivity contribution in [3.63, 3.8) is 0 Å². The lowest BCUT2D eigenvalue weighted by molar-refractivity contribution is -0.146. The zero-order valence-corrected chi connectivity index (χ0v) is 14.9. The van der Waals surface area contributed by atoms with Gasteiger partial charge in [-0.15, -0.1) is 0 Å². The molecule has 23 heavy (non-hydrogen) atoms. The molecule has 128 valence electrons. The van der Waals surface area contributed by atoms with Crippen LogP contribution in [-0.2, 0) is 20.7 Å². The number of aryl methyl sites for hydroxylation is 2. The molecule has 1 aromatic carbocycles. The van der Waals surface area contributed by atoms with Crippen molar-refractivity contribution < 1.29 is 19.1 Å². The summed E-state index contributed by atoms with van der Waals surface area (Å²) in [6.07, 6.45) is 1.01. The fourth-order valence-corrected chi connectivity index (χ4v) is 2.53. The van der Waals surface area contributed by atoms with Crippen LogP contribution in [0.15, 0.2) is 12.1 Å². The van der Waals surface area contributed by atoms with Crippen LogP contribution in [0.4, 0.5) is 0 Å².